The van der Waals surface area contributed by atoms with Gasteiger partial charge in [-0.05, 0) is 32.7 Å². The van der Waals surface area contributed by atoms with Crippen LogP contribution in [0.3, 0.4) is 0 Å². The highest BCUT2D eigenvalue weighted by atomic mass is 16.5. The Balaban J connectivity index is 1.38. The second kappa shape index (κ2) is 6.41. The first-order valence-corrected chi connectivity index (χ1v) is 7.94. The maximum absolute atomic E-state index is 12.0. The van der Waals surface area contributed by atoms with E-state index in [1.165, 1.54) is 12.8 Å². The Labute approximate surface area is 121 Å². The number of esters is 1. The smallest absolute Gasteiger partial charge is 0.307 e. The molecule has 114 valence electrons. The summed E-state index contributed by atoms with van der Waals surface area (Å²) in [5.41, 5.74) is 0. The molecule has 0 spiro atoms. The van der Waals surface area contributed by atoms with Crippen LogP contribution in [-0.2, 0) is 14.3 Å². The average Bonchev–Trinajstić information content (AvgIpc) is 2.68. The first kappa shape index (κ1) is 14.3. The summed E-state index contributed by atoms with van der Waals surface area (Å²) in [6.07, 6.45) is 5.25. The normalized spacial score (nSPS) is 35.1. The molecule has 5 heteroatoms. The van der Waals surface area contributed by atoms with E-state index in [1.807, 2.05) is 0 Å². The van der Waals surface area contributed by atoms with E-state index >= 15 is 0 Å². The highest BCUT2D eigenvalue weighted by molar-refractivity contribution is 5.69. The van der Waals surface area contributed by atoms with Gasteiger partial charge in [0.2, 0.25) is 0 Å². The molecule has 3 aliphatic heterocycles. The van der Waals surface area contributed by atoms with E-state index < -0.39 is 0 Å². The van der Waals surface area contributed by atoms with Crippen LogP contribution in [0.4, 0.5) is 0 Å². The van der Waals surface area contributed by atoms with Crippen molar-refractivity contribution >= 4 is 5.97 Å². The Hall–Kier alpha value is -0.650. The highest BCUT2D eigenvalue weighted by Crippen LogP contribution is 2.35. The number of carbonyl (C=O) groups excluding carboxylic acids is 1. The first-order chi connectivity index (χ1) is 9.72. The summed E-state index contributed by atoms with van der Waals surface area (Å²) < 4.78 is 11.0. The fourth-order valence-electron chi connectivity index (χ4n) is 3.78. The Kier molecular flexibility index (Phi) is 4.58. The molecule has 0 aromatic heterocycles. The van der Waals surface area contributed by atoms with Gasteiger partial charge in [-0.25, -0.2) is 0 Å². The van der Waals surface area contributed by atoms with Crippen molar-refractivity contribution in [1.29, 1.82) is 0 Å². The van der Waals surface area contributed by atoms with Gasteiger partial charge in [0.05, 0.1) is 19.6 Å². The number of ether oxygens (including phenoxy) is 2. The summed E-state index contributed by atoms with van der Waals surface area (Å²) in [7, 11) is 2.21. The fourth-order valence-corrected chi connectivity index (χ4v) is 3.78. The molecule has 0 saturated carbocycles. The molecule has 0 aliphatic carbocycles. The molecule has 3 saturated heterocycles. The van der Waals surface area contributed by atoms with E-state index in [2.05, 4.69) is 16.8 Å². The molecule has 0 amide bonds. The van der Waals surface area contributed by atoms with Crippen molar-refractivity contribution in [2.45, 2.75) is 50.3 Å². The minimum absolute atomic E-state index is 0.0227. The van der Waals surface area contributed by atoms with E-state index in [0.29, 0.717) is 18.5 Å². The van der Waals surface area contributed by atoms with Crippen LogP contribution in [0.15, 0.2) is 0 Å². The van der Waals surface area contributed by atoms with Crippen LogP contribution in [0.2, 0.25) is 0 Å². The molecule has 0 N–H and O–H groups in total. The Morgan fingerprint density at radius 3 is 2.50 bits per heavy atom. The maximum Gasteiger partial charge on any atom is 0.307 e. The van der Waals surface area contributed by atoms with Crippen LogP contribution in [0.5, 0.6) is 0 Å². The number of fused-ring (bicyclic) bond motifs is 2. The Bertz CT molecular complexity index is 330. The summed E-state index contributed by atoms with van der Waals surface area (Å²) in [4.78, 5) is 16.7. The SMILES string of the molecule is CN1[C@@H]2CC[C@@H]1CC(OC(=O)CCN1CCOCC1)C2. The van der Waals surface area contributed by atoms with Crippen molar-refractivity contribution < 1.29 is 14.3 Å². The van der Waals surface area contributed by atoms with Gasteiger partial charge >= 0.3 is 5.97 Å². The van der Waals surface area contributed by atoms with Gasteiger partial charge in [-0.1, -0.05) is 0 Å². The second-order valence-electron chi connectivity index (χ2n) is 6.34. The van der Waals surface area contributed by atoms with Crippen molar-refractivity contribution in [3.8, 4) is 0 Å². The lowest BCUT2D eigenvalue weighted by molar-refractivity contribution is -0.153. The number of carbonyl (C=O) groups is 1. The zero-order chi connectivity index (χ0) is 13.9. The topological polar surface area (TPSA) is 42.0 Å². The molecule has 3 rings (SSSR count). The first-order valence-electron chi connectivity index (χ1n) is 7.94. The van der Waals surface area contributed by atoms with Gasteiger partial charge in [-0.15, -0.1) is 0 Å². The molecule has 3 aliphatic rings. The summed E-state index contributed by atoms with van der Waals surface area (Å²) in [6.45, 7) is 4.25. The Morgan fingerprint density at radius 2 is 1.85 bits per heavy atom. The zero-order valence-electron chi connectivity index (χ0n) is 12.4. The third-order valence-electron chi connectivity index (χ3n) is 5.09. The second-order valence-corrected chi connectivity index (χ2v) is 6.34. The molecular weight excluding hydrogens is 256 g/mol. The van der Waals surface area contributed by atoms with E-state index in [-0.39, 0.29) is 12.1 Å². The number of rotatable bonds is 4. The van der Waals surface area contributed by atoms with Crippen LogP contribution in [-0.4, -0.2) is 73.9 Å². The number of hydrogen-bond donors (Lipinski definition) is 0. The van der Waals surface area contributed by atoms with Crippen molar-refractivity contribution in [1.82, 2.24) is 9.80 Å². The molecule has 2 atom stereocenters. The molecule has 2 bridgehead atoms. The summed E-state index contributed by atoms with van der Waals surface area (Å²) in [5, 5.41) is 0. The molecule has 5 nitrogen and oxygen atoms in total. The molecule has 0 radical (unpaired) electrons. The van der Waals surface area contributed by atoms with E-state index in [9.17, 15) is 4.79 Å². The van der Waals surface area contributed by atoms with Crippen LogP contribution in [0, 0.1) is 0 Å². The van der Waals surface area contributed by atoms with Gasteiger partial charge in [0, 0.05) is 31.7 Å². The van der Waals surface area contributed by atoms with E-state index in [1.54, 1.807) is 0 Å². The molecule has 3 heterocycles. The predicted octanol–water partition coefficient (Wildman–Crippen LogP) is 0.877. The monoisotopic (exact) mass is 282 g/mol. The summed E-state index contributed by atoms with van der Waals surface area (Å²) >= 11 is 0. The van der Waals surface area contributed by atoms with Gasteiger partial charge in [0.25, 0.3) is 0 Å². The largest absolute Gasteiger partial charge is 0.462 e. The van der Waals surface area contributed by atoms with Crippen molar-refractivity contribution in [3.05, 3.63) is 0 Å². The molecule has 3 fully saturated rings. The lowest BCUT2D eigenvalue weighted by Gasteiger charge is -2.36. The molecule has 20 heavy (non-hydrogen) atoms. The standard InChI is InChI=1S/C15H26N2O3/c1-16-12-2-3-13(16)11-14(10-12)20-15(18)4-5-17-6-8-19-9-7-17/h12-14H,2-11H2,1H3/t12-,13-/m1/s1. The minimum Gasteiger partial charge on any atom is -0.462 e. The number of hydrogen-bond acceptors (Lipinski definition) is 5. The van der Waals surface area contributed by atoms with Crippen molar-refractivity contribution in [2.24, 2.45) is 0 Å². The fraction of sp³-hybridized carbons (Fsp3) is 0.933. The lowest BCUT2D eigenvalue weighted by Crippen LogP contribution is -2.43. The maximum atomic E-state index is 12.0. The van der Waals surface area contributed by atoms with Gasteiger partial charge in [-0.2, -0.15) is 0 Å². The molecule has 0 unspecified atom stereocenters. The zero-order valence-corrected chi connectivity index (χ0v) is 12.4. The molecular formula is C15H26N2O3. The average molecular weight is 282 g/mol. The predicted molar refractivity (Wildman–Crippen MR) is 75.6 cm³/mol. The van der Waals surface area contributed by atoms with Crippen molar-refractivity contribution in [3.63, 3.8) is 0 Å². The van der Waals surface area contributed by atoms with Crippen molar-refractivity contribution in [2.75, 3.05) is 39.9 Å². The third-order valence-corrected chi connectivity index (χ3v) is 5.09. The van der Waals surface area contributed by atoms with Gasteiger partial charge in [0.15, 0.2) is 0 Å². The molecule has 0 aromatic rings. The van der Waals surface area contributed by atoms with E-state index in [4.69, 9.17) is 9.47 Å². The summed E-state index contributed by atoms with van der Waals surface area (Å²) in [6, 6.07) is 1.26. The number of nitrogens with zero attached hydrogens (tertiary/aromatic N) is 2. The highest BCUT2D eigenvalue weighted by Gasteiger charge is 2.39. The van der Waals surface area contributed by atoms with E-state index in [0.717, 1.165) is 45.7 Å². The summed E-state index contributed by atoms with van der Waals surface area (Å²) in [5.74, 6) is -0.0227. The van der Waals surface area contributed by atoms with Gasteiger partial charge in [0.1, 0.15) is 6.10 Å². The van der Waals surface area contributed by atoms with Crippen LogP contribution in [0.25, 0.3) is 0 Å². The van der Waals surface area contributed by atoms with Crippen LogP contribution >= 0.6 is 0 Å². The van der Waals surface area contributed by atoms with Crippen LogP contribution in [0.1, 0.15) is 32.1 Å². The number of morpholine rings is 1. The number of piperidine rings is 1. The third kappa shape index (κ3) is 3.32. The lowest BCUT2D eigenvalue weighted by atomic mass is 10.0. The quantitative estimate of drug-likeness (QED) is 0.716. The van der Waals surface area contributed by atoms with Gasteiger partial charge in [-0.3, -0.25) is 9.69 Å². The minimum atomic E-state index is -0.0227. The molecule has 0 aromatic carbocycles. The van der Waals surface area contributed by atoms with Crippen LogP contribution < -0.4 is 0 Å². The van der Waals surface area contributed by atoms with Gasteiger partial charge < -0.3 is 14.4 Å². The Morgan fingerprint density at radius 1 is 1.20 bits per heavy atom.